The van der Waals surface area contributed by atoms with Crippen LogP contribution in [0.1, 0.15) is 15.9 Å². The van der Waals surface area contributed by atoms with Crippen LogP contribution in [0.25, 0.3) is 0 Å². The summed E-state index contributed by atoms with van der Waals surface area (Å²) in [5.41, 5.74) is 3.34. The van der Waals surface area contributed by atoms with Crippen LogP contribution < -0.4 is 15.5 Å². The number of ether oxygens (including phenoxy) is 1. The third kappa shape index (κ3) is 6.81. The van der Waals surface area contributed by atoms with Crippen molar-refractivity contribution in [3.05, 3.63) is 92.9 Å². The second kappa shape index (κ2) is 10.8. The van der Waals surface area contributed by atoms with Crippen molar-refractivity contribution in [1.29, 1.82) is 0 Å². The van der Waals surface area contributed by atoms with Crippen LogP contribution in [-0.4, -0.2) is 24.0 Å². The smallest absolute Gasteiger partial charge is 0.343 e. The van der Waals surface area contributed by atoms with Crippen LogP contribution in [0.3, 0.4) is 0 Å². The van der Waals surface area contributed by atoms with E-state index in [9.17, 15) is 14.4 Å². The average Bonchev–Trinajstić information content (AvgIpc) is 2.74. The Morgan fingerprint density at radius 3 is 2.03 bits per heavy atom. The van der Waals surface area contributed by atoms with Gasteiger partial charge in [0.15, 0.2) is 0 Å². The minimum Gasteiger partial charge on any atom is -0.423 e. The fourth-order valence-electron chi connectivity index (χ4n) is 2.40. The first kappa shape index (κ1) is 23.3. The van der Waals surface area contributed by atoms with Gasteiger partial charge in [-0.2, -0.15) is 5.10 Å². The molecule has 162 valence electrons. The second-order valence-corrected chi connectivity index (χ2v) is 7.59. The van der Waals surface area contributed by atoms with Crippen LogP contribution in [0, 0.1) is 0 Å². The summed E-state index contributed by atoms with van der Waals surface area (Å²) in [4.78, 5) is 35.9. The summed E-state index contributed by atoms with van der Waals surface area (Å²) in [6.07, 6.45) is 1.33. The number of anilines is 1. The lowest BCUT2D eigenvalue weighted by Gasteiger charge is -2.05. The first-order valence-electron chi connectivity index (χ1n) is 8.98. The van der Waals surface area contributed by atoms with Crippen molar-refractivity contribution in [3.8, 4) is 5.75 Å². The molecule has 0 heterocycles. The summed E-state index contributed by atoms with van der Waals surface area (Å²) in [7, 11) is 0. The van der Waals surface area contributed by atoms with Gasteiger partial charge in [-0.3, -0.25) is 9.59 Å². The third-order valence-corrected chi connectivity index (χ3v) is 4.57. The largest absolute Gasteiger partial charge is 0.423 e. The first-order chi connectivity index (χ1) is 15.3. The number of carbonyl (C=O) groups is 3. The molecule has 0 aliphatic heterocycles. The highest BCUT2D eigenvalue weighted by Crippen LogP contribution is 2.22. The number of carbonyl (C=O) groups excluding carboxylic acids is 3. The van der Waals surface area contributed by atoms with Crippen LogP contribution in [0.2, 0.25) is 15.1 Å². The quantitative estimate of drug-likeness (QED) is 0.174. The Labute approximate surface area is 197 Å². The zero-order valence-corrected chi connectivity index (χ0v) is 18.4. The number of esters is 1. The molecule has 3 rings (SSSR count). The highest BCUT2D eigenvalue weighted by Gasteiger charge is 2.13. The van der Waals surface area contributed by atoms with Crippen LogP contribution in [0.4, 0.5) is 5.69 Å². The Hall–Kier alpha value is -3.39. The molecular weight excluding hydrogens is 477 g/mol. The lowest BCUT2D eigenvalue weighted by Crippen LogP contribution is -2.32. The molecule has 0 saturated carbocycles. The second-order valence-electron chi connectivity index (χ2n) is 6.28. The molecule has 0 fully saturated rings. The van der Waals surface area contributed by atoms with Gasteiger partial charge in [0.25, 0.3) is 0 Å². The average molecular weight is 491 g/mol. The van der Waals surface area contributed by atoms with Crippen molar-refractivity contribution in [2.45, 2.75) is 0 Å². The van der Waals surface area contributed by atoms with Crippen molar-refractivity contribution in [1.82, 2.24) is 5.43 Å². The van der Waals surface area contributed by atoms with E-state index in [0.717, 1.165) is 0 Å². The molecule has 0 aliphatic carbocycles. The Morgan fingerprint density at radius 2 is 1.41 bits per heavy atom. The lowest BCUT2D eigenvalue weighted by atomic mass is 10.2. The van der Waals surface area contributed by atoms with Gasteiger partial charge in [-0.15, -0.1) is 0 Å². The zero-order valence-electron chi connectivity index (χ0n) is 16.1. The standard InChI is InChI=1S/C22H14Cl3N3O4/c23-15-5-3-14(4-6-15)22(31)32-19-7-1-13(2-8-19)12-26-28-21(30)20(29)27-18-10-16(24)9-17(25)11-18/h1-12H,(H,27,29)(H,28,30)/b26-12+. The van der Waals surface area contributed by atoms with Gasteiger partial charge in [-0.25, -0.2) is 10.2 Å². The molecule has 0 bridgehead atoms. The van der Waals surface area contributed by atoms with Gasteiger partial charge in [0, 0.05) is 20.8 Å². The molecule has 10 heteroatoms. The minimum absolute atomic E-state index is 0.273. The maximum absolute atomic E-state index is 12.1. The fourth-order valence-corrected chi connectivity index (χ4v) is 3.06. The topological polar surface area (TPSA) is 96.9 Å². The molecule has 32 heavy (non-hydrogen) atoms. The Balaban J connectivity index is 1.51. The van der Waals surface area contributed by atoms with Gasteiger partial charge in [-0.05, 0) is 72.3 Å². The maximum atomic E-state index is 12.1. The van der Waals surface area contributed by atoms with Gasteiger partial charge in [0.2, 0.25) is 0 Å². The molecule has 0 saturated heterocycles. The number of rotatable bonds is 5. The molecule has 7 nitrogen and oxygen atoms in total. The van der Waals surface area contributed by atoms with Gasteiger partial charge < -0.3 is 10.1 Å². The monoisotopic (exact) mass is 489 g/mol. The minimum atomic E-state index is -0.981. The van der Waals surface area contributed by atoms with E-state index in [1.165, 1.54) is 24.4 Å². The molecule has 3 aromatic carbocycles. The van der Waals surface area contributed by atoms with Crippen LogP contribution in [-0.2, 0) is 9.59 Å². The number of benzene rings is 3. The van der Waals surface area contributed by atoms with Gasteiger partial charge >= 0.3 is 17.8 Å². The van der Waals surface area contributed by atoms with Crippen molar-refractivity contribution >= 4 is 64.5 Å². The number of hydrogen-bond acceptors (Lipinski definition) is 5. The molecule has 0 aliphatic rings. The third-order valence-electron chi connectivity index (χ3n) is 3.88. The highest BCUT2D eigenvalue weighted by molar-refractivity contribution is 6.40. The van der Waals surface area contributed by atoms with E-state index in [1.54, 1.807) is 48.5 Å². The van der Waals surface area contributed by atoms with E-state index < -0.39 is 17.8 Å². The zero-order chi connectivity index (χ0) is 23.1. The van der Waals surface area contributed by atoms with Gasteiger partial charge in [0.05, 0.1) is 11.8 Å². The number of nitrogens with one attached hydrogen (secondary N) is 2. The number of halogens is 3. The maximum Gasteiger partial charge on any atom is 0.343 e. The van der Waals surface area contributed by atoms with Crippen molar-refractivity contribution in [2.75, 3.05) is 5.32 Å². The summed E-state index contributed by atoms with van der Waals surface area (Å²) < 4.78 is 5.27. The number of amides is 2. The molecule has 3 aromatic rings. The summed E-state index contributed by atoms with van der Waals surface area (Å²) in [5, 5.41) is 7.24. The summed E-state index contributed by atoms with van der Waals surface area (Å²) in [6, 6.07) is 17.1. The summed E-state index contributed by atoms with van der Waals surface area (Å²) in [6.45, 7) is 0. The molecule has 0 aromatic heterocycles. The Bertz CT molecular complexity index is 1160. The lowest BCUT2D eigenvalue weighted by molar-refractivity contribution is -0.136. The molecular formula is C22H14Cl3N3O4. The Morgan fingerprint density at radius 1 is 0.781 bits per heavy atom. The van der Waals surface area contributed by atoms with Crippen molar-refractivity contribution < 1.29 is 19.1 Å². The Kier molecular flexibility index (Phi) is 7.83. The fraction of sp³-hybridized carbons (Fsp3) is 0. The van der Waals surface area contributed by atoms with Crippen LogP contribution in [0.15, 0.2) is 71.8 Å². The predicted octanol–water partition coefficient (Wildman–Crippen LogP) is 4.95. The number of nitrogens with zero attached hydrogens (tertiary/aromatic N) is 1. The first-order valence-corrected chi connectivity index (χ1v) is 10.1. The van der Waals surface area contributed by atoms with E-state index >= 15 is 0 Å². The number of hydrazone groups is 1. The van der Waals surface area contributed by atoms with Gasteiger partial charge in [0.1, 0.15) is 5.75 Å². The molecule has 0 spiro atoms. The molecule has 2 N–H and O–H groups in total. The van der Waals surface area contributed by atoms with Gasteiger partial charge in [-0.1, -0.05) is 34.8 Å². The number of hydrogen-bond donors (Lipinski definition) is 2. The molecule has 0 atom stereocenters. The summed E-state index contributed by atoms with van der Waals surface area (Å²) in [5.74, 6) is -2.12. The molecule has 2 amide bonds. The highest BCUT2D eigenvalue weighted by atomic mass is 35.5. The summed E-state index contributed by atoms with van der Waals surface area (Å²) >= 11 is 17.5. The SMILES string of the molecule is O=C(N/N=C/c1ccc(OC(=O)c2ccc(Cl)cc2)cc1)C(=O)Nc1cc(Cl)cc(Cl)c1. The van der Waals surface area contributed by atoms with Crippen molar-refractivity contribution in [2.24, 2.45) is 5.10 Å². The van der Waals surface area contributed by atoms with E-state index in [4.69, 9.17) is 39.5 Å². The van der Waals surface area contributed by atoms with E-state index in [0.29, 0.717) is 31.9 Å². The van der Waals surface area contributed by atoms with Crippen LogP contribution in [0.5, 0.6) is 5.75 Å². The molecule has 0 unspecified atom stereocenters. The van der Waals surface area contributed by atoms with E-state index in [-0.39, 0.29) is 5.69 Å². The molecule has 0 radical (unpaired) electrons. The van der Waals surface area contributed by atoms with E-state index in [2.05, 4.69) is 15.8 Å². The van der Waals surface area contributed by atoms with E-state index in [1.807, 2.05) is 0 Å². The normalized spacial score (nSPS) is 10.6. The van der Waals surface area contributed by atoms with Crippen LogP contribution >= 0.6 is 34.8 Å². The predicted molar refractivity (Wildman–Crippen MR) is 124 cm³/mol. The van der Waals surface area contributed by atoms with Crippen molar-refractivity contribution in [3.63, 3.8) is 0 Å².